The quantitative estimate of drug-likeness (QED) is 0.599. The van der Waals surface area contributed by atoms with Crippen molar-refractivity contribution < 1.29 is 27.8 Å². The molecule has 0 saturated heterocycles. The molecule has 2 aromatic carbocycles. The van der Waals surface area contributed by atoms with Gasteiger partial charge in [0.25, 0.3) is 0 Å². The smallest absolute Gasteiger partial charge is 0.416 e. The Hall–Kier alpha value is -2.50. The fourth-order valence-corrected chi connectivity index (χ4v) is 2.87. The highest BCUT2D eigenvalue weighted by molar-refractivity contribution is 5.78. The molecule has 0 aliphatic heterocycles. The van der Waals surface area contributed by atoms with Crippen LogP contribution in [0.2, 0.25) is 0 Å². The number of benzene rings is 2. The first-order valence-electron chi connectivity index (χ1n) is 8.94. The van der Waals surface area contributed by atoms with Crippen LogP contribution in [0.1, 0.15) is 50.2 Å². The maximum Gasteiger partial charge on any atom is 0.416 e. The summed E-state index contributed by atoms with van der Waals surface area (Å²) in [6.07, 6.45) is -2.44. The highest BCUT2D eigenvalue weighted by Gasteiger charge is 2.30. The van der Waals surface area contributed by atoms with Crippen LogP contribution in [-0.2, 0) is 11.0 Å². The third kappa shape index (κ3) is 5.49. The second-order valence-electron chi connectivity index (χ2n) is 6.39. The molecule has 0 aromatic heterocycles. The molecule has 6 heteroatoms. The highest BCUT2D eigenvalue weighted by Crippen LogP contribution is 2.34. The molecule has 1 atom stereocenters. The van der Waals surface area contributed by atoms with E-state index in [-0.39, 0.29) is 0 Å². The van der Waals surface area contributed by atoms with Gasteiger partial charge in [-0.1, -0.05) is 38.5 Å². The minimum absolute atomic E-state index is 0.471. The summed E-state index contributed by atoms with van der Waals surface area (Å²) in [5.74, 6) is -1.09. The number of aliphatic carboxylic acids is 1. The van der Waals surface area contributed by atoms with E-state index >= 15 is 0 Å². The molecule has 1 unspecified atom stereocenters. The van der Waals surface area contributed by atoms with E-state index in [2.05, 4.69) is 0 Å². The second kappa shape index (κ2) is 8.93. The van der Waals surface area contributed by atoms with Crippen molar-refractivity contribution in [1.82, 2.24) is 0 Å². The van der Waals surface area contributed by atoms with E-state index in [1.165, 1.54) is 12.1 Å². The van der Waals surface area contributed by atoms with Gasteiger partial charge in [-0.25, -0.2) is 0 Å². The lowest BCUT2D eigenvalue weighted by Gasteiger charge is -2.16. The predicted molar refractivity (Wildman–Crippen MR) is 98.0 cm³/mol. The largest absolute Gasteiger partial charge is 0.494 e. The summed E-state index contributed by atoms with van der Waals surface area (Å²) in [6.45, 7) is 4.34. The van der Waals surface area contributed by atoms with Crippen molar-refractivity contribution >= 4 is 5.97 Å². The molecule has 3 nitrogen and oxygen atoms in total. The predicted octanol–water partition coefficient (Wildman–Crippen LogP) is 6.13. The van der Waals surface area contributed by atoms with Gasteiger partial charge in [-0.05, 0) is 53.8 Å². The zero-order valence-corrected chi connectivity index (χ0v) is 15.3. The van der Waals surface area contributed by atoms with Crippen molar-refractivity contribution in [2.24, 2.45) is 0 Å². The molecular weight excluding hydrogens is 357 g/mol. The van der Waals surface area contributed by atoms with E-state index < -0.39 is 23.6 Å². The van der Waals surface area contributed by atoms with Gasteiger partial charge in [0.2, 0.25) is 0 Å². The summed E-state index contributed by atoms with van der Waals surface area (Å²) < 4.78 is 44.0. The number of rotatable bonds is 8. The maximum absolute atomic E-state index is 12.8. The molecule has 0 radical (unpaired) electrons. The normalized spacial score (nSPS) is 12.6. The number of ether oxygens (including phenoxy) is 1. The van der Waals surface area contributed by atoms with E-state index in [1.54, 1.807) is 18.2 Å². The number of alkyl halides is 3. The van der Waals surface area contributed by atoms with Gasteiger partial charge in [0, 0.05) is 0 Å². The van der Waals surface area contributed by atoms with Crippen LogP contribution < -0.4 is 4.74 Å². The summed E-state index contributed by atoms with van der Waals surface area (Å²) in [6, 6.07) is 9.98. The zero-order chi connectivity index (χ0) is 20.0. The first kappa shape index (κ1) is 20.8. The number of halogens is 3. The monoisotopic (exact) mass is 380 g/mol. The lowest BCUT2D eigenvalue weighted by molar-refractivity contribution is -0.139. The molecule has 0 fully saturated rings. The molecule has 0 spiro atoms. The molecule has 146 valence electrons. The average Bonchev–Trinajstić information content (AvgIpc) is 2.63. The highest BCUT2D eigenvalue weighted by atomic mass is 19.4. The van der Waals surface area contributed by atoms with Gasteiger partial charge < -0.3 is 9.84 Å². The number of carboxylic acid groups (broad SMARTS) is 1. The van der Waals surface area contributed by atoms with Gasteiger partial charge in [0.1, 0.15) is 5.75 Å². The zero-order valence-electron chi connectivity index (χ0n) is 15.3. The fourth-order valence-electron chi connectivity index (χ4n) is 2.87. The molecule has 1 N–H and O–H groups in total. The summed E-state index contributed by atoms with van der Waals surface area (Å²) in [5.41, 5.74) is 1.08. The number of hydrogen-bond donors (Lipinski definition) is 1. The van der Waals surface area contributed by atoms with Gasteiger partial charge in [-0.3, -0.25) is 4.79 Å². The average molecular weight is 380 g/mol. The minimum atomic E-state index is -4.40. The van der Waals surface area contributed by atoms with Crippen molar-refractivity contribution in [3.8, 4) is 16.9 Å². The number of carboxylic acids is 1. The summed E-state index contributed by atoms with van der Waals surface area (Å²) in [7, 11) is 0. The van der Waals surface area contributed by atoms with Gasteiger partial charge in [0.15, 0.2) is 0 Å². The van der Waals surface area contributed by atoms with Crippen LogP contribution >= 0.6 is 0 Å². The van der Waals surface area contributed by atoms with Gasteiger partial charge in [-0.15, -0.1) is 0 Å². The molecule has 0 bridgehead atoms. The molecule has 0 aliphatic carbocycles. The summed E-state index contributed by atoms with van der Waals surface area (Å²) >= 11 is 0. The molecule has 27 heavy (non-hydrogen) atoms. The Morgan fingerprint density at radius 2 is 1.70 bits per heavy atom. The van der Waals surface area contributed by atoms with Crippen LogP contribution in [0.25, 0.3) is 11.1 Å². The Balaban J connectivity index is 2.47. The Labute approximate surface area is 156 Å². The fraction of sp³-hybridized carbons (Fsp3) is 0.381. The van der Waals surface area contributed by atoms with Crippen molar-refractivity contribution in [3.63, 3.8) is 0 Å². The second-order valence-corrected chi connectivity index (χ2v) is 6.39. The van der Waals surface area contributed by atoms with Gasteiger partial charge >= 0.3 is 12.1 Å². The molecule has 0 aliphatic rings. The molecule has 2 aromatic rings. The van der Waals surface area contributed by atoms with Crippen LogP contribution in [0, 0.1) is 0 Å². The maximum atomic E-state index is 12.8. The lowest BCUT2D eigenvalue weighted by Crippen LogP contribution is -2.12. The van der Waals surface area contributed by atoms with E-state index in [9.17, 15) is 23.1 Å². The summed E-state index contributed by atoms with van der Waals surface area (Å²) in [4.78, 5) is 11.7. The topological polar surface area (TPSA) is 46.5 Å². The van der Waals surface area contributed by atoms with E-state index in [0.29, 0.717) is 41.9 Å². The van der Waals surface area contributed by atoms with Crippen LogP contribution in [0.3, 0.4) is 0 Å². The first-order valence-corrected chi connectivity index (χ1v) is 8.94. The molecule has 0 saturated carbocycles. The van der Waals surface area contributed by atoms with Crippen molar-refractivity contribution in [2.45, 2.75) is 45.2 Å². The Morgan fingerprint density at radius 3 is 2.22 bits per heavy atom. The lowest BCUT2D eigenvalue weighted by atomic mass is 9.91. The third-order valence-electron chi connectivity index (χ3n) is 4.23. The van der Waals surface area contributed by atoms with E-state index in [0.717, 1.165) is 18.6 Å². The summed E-state index contributed by atoms with van der Waals surface area (Å²) in [5, 5.41) is 9.55. The van der Waals surface area contributed by atoms with Crippen molar-refractivity contribution in [3.05, 3.63) is 53.6 Å². The van der Waals surface area contributed by atoms with Crippen LogP contribution in [-0.4, -0.2) is 17.7 Å². The molecule has 0 amide bonds. The van der Waals surface area contributed by atoms with Gasteiger partial charge in [-0.2, -0.15) is 13.2 Å². The van der Waals surface area contributed by atoms with Gasteiger partial charge in [0.05, 0.1) is 18.1 Å². The first-order chi connectivity index (χ1) is 12.8. The third-order valence-corrected chi connectivity index (χ3v) is 4.23. The van der Waals surface area contributed by atoms with Crippen molar-refractivity contribution in [2.75, 3.05) is 6.61 Å². The SMILES string of the molecule is CCCOc1cc(-c2ccc(C(F)(F)F)cc2)cc(C(CCC)C(=O)O)c1. The Kier molecular flexibility index (Phi) is 6.88. The Morgan fingerprint density at radius 1 is 1.04 bits per heavy atom. The molecule has 0 heterocycles. The van der Waals surface area contributed by atoms with E-state index in [1.807, 2.05) is 13.8 Å². The van der Waals surface area contributed by atoms with Crippen LogP contribution in [0.15, 0.2) is 42.5 Å². The number of hydrogen-bond acceptors (Lipinski definition) is 2. The molecular formula is C21H23F3O3. The number of carbonyl (C=O) groups is 1. The minimum Gasteiger partial charge on any atom is -0.494 e. The van der Waals surface area contributed by atoms with Crippen LogP contribution in [0.4, 0.5) is 13.2 Å². The van der Waals surface area contributed by atoms with Crippen molar-refractivity contribution in [1.29, 1.82) is 0 Å². The molecule has 2 rings (SSSR count). The Bertz CT molecular complexity index is 767. The standard InChI is InChI=1S/C21H23F3O3/c1-3-5-19(20(25)26)16-11-15(12-18(13-16)27-10-4-2)14-6-8-17(9-7-14)21(22,23)24/h6-9,11-13,19H,3-5,10H2,1-2H3,(H,25,26). The van der Waals surface area contributed by atoms with Crippen LogP contribution in [0.5, 0.6) is 5.75 Å². The van der Waals surface area contributed by atoms with E-state index in [4.69, 9.17) is 4.74 Å².